The van der Waals surface area contributed by atoms with E-state index in [0.29, 0.717) is 0 Å². The first-order valence-corrected chi connectivity index (χ1v) is 4.07. The van der Waals surface area contributed by atoms with Crippen molar-refractivity contribution in [1.82, 2.24) is 5.32 Å². The number of hydrogen-bond acceptors (Lipinski definition) is 1. The third-order valence-electron chi connectivity index (χ3n) is 1.76. The van der Waals surface area contributed by atoms with Crippen molar-refractivity contribution in [3.05, 3.63) is 35.4 Å². The summed E-state index contributed by atoms with van der Waals surface area (Å²) >= 11 is 0. The van der Waals surface area contributed by atoms with Crippen LogP contribution in [0.4, 0.5) is 0 Å². The zero-order valence-electron chi connectivity index (χ0n) is 7.30. The number of rotatable bonds is 3. The van der Waals surface area contributed by atoms with Crippen molar-refractivity contribution in [2.45, 2.75) is 6.42 Å². The molecule has 1 rings (SSSR count). The largest absolute Gasteiger partial charge is 0.319 e. The van der Waals surface area contributed by atoms with Crippen LogP contribution in [0.1, 0.15) is 11.1 Å². The molecule has 0 heterocycles. The van der Waals surface area contributed by atoms with Crippen molar-refractivity contribution in [3.8, 4) is 12.3 Å². The topological polar surface area (TPSA) is 12.0 Å². The van der Waals surface area contributed by atoms with Crippen molar-refractivity contribution < 1.29 is 0 Å². The Morgan fingerprint density at radius 2 is 2.33 bits per heavy atom. The lowest BCUT2D eigenvalue weighted by Gasteiger charge is -2.00. The molecule has 62 valence electrons. The van der Waals surface area contributed by atoms with Gasteiger partial charge in [0.25, 0.3) is 0 Å². The molecule has 1 aromatic rings. The lowest BCUT2D eigenvalue weighted by atomic mass is 10.1. The van der Waals surface area contributed by atoms with Crippen LogP contribution in [0.2, 0.25) is 0 Å². The van der Waals surface area contributed by atoms with Crippen LogP contribution in [0.5, 0.6) is 0 Å². The summed E-state index contributed by atoms with van der Waals surface area (Å²) in [5, 5.41) is 3.10. The van der Waals surface area contributed by atoms with E-state index in [1.165, 1.54) is 5.56 Å². The molecule has 0 amide bonds. The lowest BCUT2D eigenvalue weighted by Crippen LogP contribution is -2.10. The van der Waals surface area contributed by atoms with E-state index >= 15 is 0 Å². The van der Waals surface area contributed by atoms with E-state index in [4.69, 9.17) is 6.42 Å². The summed E-state index contributed by atoms with van der Waals surface area (Å²) < 4.78 is 0. The Hall–Kier alpha value is -1.26. The van der Waals surface area contributed by atoms with Crippen LogP contribution in [0.3, 0.4) is 0 Å². The predicted molar refractivity (Wildman–Crippen MR) is 52.0 cm³/mol. The molecule has 0 bridgehead atoms. The monoisotopic (exact) mass is 159 g/mol. The van der Waals surface area contributed by atoms with Gasteiger partial charge in [0, 0.05) is 5.56 Å². The van der Waals surface area contributed by atoms with Gasteiger partial charge in [-0.2, -0.15) is 0 Å². The summed E-state index contributed by atoms with van der Waals surface area (Å²) in [5.74, 6) is 2.62. The average molecular weight is 159 g/mol. The van der Waals surface area contributed by atoms with Crippen molar-refractivity contribution in [2.24, 2.45) is 0 Å². The van der Waals surface area contributed by atoms with Gasteiger partial charge in [-0.05, 0) is 37.7 Å². The Kier molecular flexibility index (Phi) is 3.37. The van der Waals surface area contributed by atoms with Gasteiger partial charge in [-0.1, -0.05) is 18.1 Å². The van der Waals surface area contributed by atoms with Crippen LogP contribution in [0.25, 0.3) is 0 Å². The van der Waals surface area contributed by atoms with Crippen molar-refractivity contribution >= 4 is 0 Å². The number of terminal acetylenes is 1. The second kappa shape index (κ2) is 4.58. The molecular weight excluding hydrogens is 146 g/mol. The van der Waals surface area contributed by atoms with Gasteiger partial charge in [0.2, 0.25) is 0 Å². The minimum absolute atomic E-state index is 0.962. The van der Waals surface area contributed by atoms with E-state index in [-0.39, 0.29) is 0 Å². The van der Waals surface area contributed by atoms with E-state index in [9.17, 15) is 0 Å². The highest BCUT2D eigenvalue weighted by Crippen LogP contribution is 2.03. The van der Waals surface area contributed by atoms with Crippen LogP contribution >= 0.6 is 0 Å². The van der Waals surface area contributed by atoms with Gasteiger partial charge in [0.05, 0.1) is 0 Å². The van der Waals surface area contributed by atoms with Crippen LogP contribution in [0, 0.1) is 12.3 Å². The summed E-state index contributed by atoms with van der Waals surface area (Å²) in [7, 11) is 1.95. The van der Waals surface area contributed by atoms with Crippen molar-refractivity contribution in [3.63, 3.8) is 0 Å². The number of nitrogens with one attached hydrogen (secondary N) is 1. The third kappa shape index (κ3) is 2.41. The Morgan fingerprint density at radius 1 is 1.50 bits per heavy atom. The predicted octanol–water partition coefficient (Wildman–Crippen LogP) is 1.43. The second-order valence-electron chi connectivity index (χ2n) is 2.70. The van der Waals surface area contributed by atoms with Gasteiger partial charge in [0.15, 0.2) is 0 Å². The van der Waals surface area contributed by atoms with Crippen LogP contribution in [-0.4, -0.2) is 13.6 Å². The maximum atomic E-state index is 5.28. The minimum atomic E-state index is 0.962. The van der Waals surface area contributed by atoms with Gasteiger partial charge in [0.1, 0.15) is 0 Å². The molecule has 0 spiro atoms. The first-order chi connectivity index (χ1) is 5.86. The third-order valence-corrected chi connectivity index (χ3v) is 1.76. The van der Waals surface area contributed by atoms with Gasteiger partial charge in [-0.25, -0.2) is 0 Å². The highest BCUT2D eigenvalue weighted by molar-refractivity contribution is 5.35. The number of likely N-dealkylation sites (N-methyl/N-ethyl adjacent to an activating group) is 1. The van der Waals surface area contributed by atoms with E-state index in [1.807, 2.05) is 19.2 Å². The Morgan fingerprint density at radius 3 is 3.00 bits per heavy atom. The molecule has 0 saturated carbocycles. The molecule has 0 radical (unpaired) electrons. The molecule has 0 unspecified atom stereocenters. The van der Waals surface area contributed by atoms with Crippen LogP contribution in [-0.2, 0) is 6.42 Å². The first-order valence-electron chi connectivity index (χ1n) is 4.07. The Balaban J connectivity index is 2.68. The summed E-state index contributed by atoms with van der Waals surface area (Å²) in [6.07, 6.45) is 6.32. The minimum Gasteiger partial charge on any atom is -0.319 e. The molecule has 0 aromatic heterocycles. The zero-order chi connectivity index (χ0) is 8.81. The SMILES string of the molecule is C#Cc1cccc(CCNC)c1. The maximum absolute atomic E-state index is 5.28. The van der Waals surface area contributed by atoms with E-state index in [1.54, 1.807) is 0 Å². The van der Waals surface area contributed by atoms with Gasteiger partial charge < -0.3 is 5.32 Å². The molecular formula is C11H13N. The standard InChI is InChI=1S/C11H13N/c1-3-10-5-4-6-11(9-10)7-8-12-2/h1,4-6,9,12H,7-8H2,2H3. The summed E-state index contributed by atoms with van der Waals surface area (Å²) in [6.45, 7) is 0.994. The number of benzene rings is 1. The molecule has 0 saturated heterocycles. The van der Waals surface area contributed by atoms with Crippen molar-refractivity contribution in [2.75, 3.05) is 13.6 Å². The normalized spacial score (nSPS) is 9.33. The molecule has 0 aliphatic carbocycles. The zero-order valence-corrected chi connectivity index (χ0v) is 7.30. The van der Waals surface area contributed by atoms with Gasteiger partial charge >= 0.3 is 0 Å². The number of hydrogen-bond donors (Lipinski definition) is 1. The quantitative estimate of drug-likeness (QED) is 0.658. The van der Waals surface area contributed by atoms with Crippen molar-refractivity contribution in [1.29, 1.82) is 0 Å². The second-order valence-corrected chi connectivity index (χ2v) is 2.70. The summed E-state index contributed by atoms with van der Waals surface area (Å²) in [6, 6.07) is 8.10. The molecule has 1 aromatic carbocycles. The highest BCUT2D eigenvalue weighted by Gasteiger charge is 1.92. The Labute approximate surface area is 73.8 Å². The summed E-state index contributed by atoms with van der Waals surface area (Å²) in [5.41, 5.74) is 2.25. The fourth-order valence-electron chi connectivity index (χ4n) is 1.09. The molecule has 1 N–H and O–H groups in total. The maximum Gasteiger partial charge on any atom is 0.0245 e. The summed E-state index contributed by atoms with van der Waals surface area (Å²) in [4.78, 5) is 0. The highest BCUT2D eigenvalue weighted by atomic mass is 14.8. The molecule has 0 aliphatic rings. The fraction of sp³-hybridized carbons (Fsp3) is 0.273. The Bertz CT molecular complexity index is 283. The molecule has 1 heteroatoms. The van der Waals surface area contributed by atoms with Crippen LogP contribution < -0.4 is 5.32 Å². The van der Waals surface area contributed by atoms with E-state index < -0.39 is 0 Å². The first kappa shape index (κ1) is 8.83. The van der Waals surface area contributed by atoms with Crippen LogP contribution in [0.15, 0.2) is 24.3 Å². The fourth-order valence-corrected chi connectivity index (χ4v) is 1.09. The van der Waals surface area contributed by atoms with Gasteiger partial charge in [-0.15, -0.1) is 6.42 Å². The average Bonchev–Trinajstić information content (AvgIpc) is 2.15. The van der Waals surface area contributed by atoms with E-state index in [2.05, 4.69) is 23.4 Å². The van der Waals surface area contributed by atoms with Gasteiger partial charge in [-0.3, -0.25) is 0 Å². The lowest BCUT2D eigenvalue weighted by molar-refractivity contribution is 0.791. The van der Waals surface area contributed by atoms with E-state index in [0.717, 1.165) is 18.5 Å². The smallest absolute Gasteiger partial charge is 0.0245 e. The molecule has 1 nitrogen and oxygen atoms in total. The molecule has 0 fully saturated rings. The molecule has 12 heavy (non-hydrogen) atoms. The molecule has 0 aliphatic heterocycles. The molecule has 0 atom stereocenters.